The standard InChI is InChI=1S/C7H7IN2O/c8-5-1-2-7(10-4-11)6(9)3-5/h1-4H,9H2,(H,10,11). The molecule has 0 aliphatic heterocycles. The molecule has 11 heavy (non-hydrogen) atoms. The van der Waals surface area contributed by atoms with Gasteiger partial charge in [0.05, 0.1) is 11.4 Å². The van der Waals surface area contributed by atoms with E-state index in [2.05, 4.69) is 27.9 Å². The minimum Gasteiger partial charge on any atom is -0.397 e. The number of carbonyl (C=O) groups excluding carboxylic acids is 1. The molecule has 1 aromatic rings. The number of nitrogens with two attached hydrogens (primary N) is 1. The highest BCUT2D eigenvalue weighted by atomic mass is 127. The molecule has 4 heteroatoms. The van der Waals surface area contributed by atoms with Crippen LogP contribution in [0, 0.1) is 3.57 Å². The second kappa shape index (κ2) is 3.56. The molecule has 1 aromatic carbocycles. The van der Waals surface area contributed by atoms with Crippen LogP contribution in [-0.2, 0) is 4.79 Å². The topological polar surface area (TPSA) is 55.1 Å². The van der Waals surface area contributed by atoms with Gasteiger partial charge >= 0.3 is 0 Å². The summed E-state index contributed by atoms with van der Waals surface area (Å²) in [5.41, 5.74) is 6.82. The summed E-state index contributed by atoms with van der Waals surface area (Å²) in [6.07, 6.45) is 0.610. The summed E-state index contributed by atoms with van der Waals surface area (Å²) in [5, 5.41) is 2.49. The lowest BCUT2D eigenvalue weighted by Crippen LogP contribution is -1.98. The second-order valence-electron chi connectivity index (χ2n) is 1.99. The summed E-state index contributed by atoms with van der Waals surface area (Å²) in [6, 6.07) is 5.45. The Morgan fingerprint density at radius 2 is 2.27 bits per heavy atom. The van der Waals surface area contributed by atoms with Gasteiger partial charge in [0.2, 0.25) is 6.41 Å². The molecule has 58 valence electrons. The molecule has 3 nitrogen and oxygen atoms in total. The van der Waals surface area contributed by atoms with Crippen molar-refractivity contribution in [3.05, 3.63) is 21.8 Å². The van der Waals surface area contributed by atoms with Crippen molar-refractivity contribution in [3.8, 4) is 0 Å². The van der Waals surface area contributed by atoms with Gasteiger partial charge in [-0.25, -0.2) is 0 Å². The van der Waals surface area contributed by atoms with Gasteiger partial charge in [0, 0.05) is 3.57 Å². The van der Waals surface area contributed by atoms with E-state index in [4.69, 9.17) is 5.73 Å². The molecule has 0 bridgehead atoms. The fraction of sp³-hybridized carbons (Fsp3) is 0. The van der Waals surface area contributed by atoms with Crippen LogP contribution in [0.4, 0.5) is 11.4 Å². The van der Waals surface area contributed by atoms with Crippen molar-refractivity contribution in [2.45, 2.75) is 0 Å². The number of anilines is 2. The van der Waals surface area contributed by atoms with Gasteiger partial charge in [0.25, 0.3) is 0 Å². The van der Waals surface area contributed by atoms with Crippen molar-refractivity contribution in [2.75, 3.05) is 11.1 Å². The lowest BCUT2D eigenvalue weighted by molar-refractivity contribution is -0.105. The van der Waals surface area contributed by atoms with Gasteiger partial charge < -0.3 is 11.1 Å². The van der Waals surface area contributed by atoms with E-state index in [0.717, 1.165) is 3.57 Å². The molecule has 1 amide bonds. The van der Waals surface area contributed by atoms with Crippen LogP contribution >= 0.6 is 22.6 Å². The SMILES string of the molecule is Nc1cc(I)ccc1NC=O. The van der Waals surface area contributed by atoms with Gasteiger partial charge in [-0.2, -0.15) is 0 Å². The molecule has 0 radical (unpaired) electrons. The highest BCUT2D eigenvalue weighted by molar-refractivity contribution is 14.1. The van der Waals surface area contributed by atoms with E-state index < -0.39 is 0 Å². The summed E-state index contributed by atoms with van der Waals surface area (Å²) in [6.45, 7) is 0. The first-order valence-electron chi connectivity index (χ1n) is 2.99. The number of hydrogen-bond donors (Lipinski definition) is 2. The average molecular weight is 262 g/mol. The van der Waals surface area contributed by atoms with Crippen LogP contribution in [0.5, 0.6) is 0 Å². The number of hydrogen-bond acceptors (Lipinski definition) is 2. The molecule has 0 heterocycles. The summed E-state index contributed by atoms with van der Waals surface area (Å²) >= 11 is 2.15. The summed E-state index contributed by atoms with van der Waals surface area (Å²) < 4.78 is 1.05. The van der Waals surface area contributed by atoms with Gasteiger partial charge in [-0.1, -0.05) is 0 Å². The van der Waals surface area contributed by atoms with E-state index >= 15 is 0 Å². The van der Waals surface area contributed by atoms with Crippen molar-refractivity contribution in [3.63, 3.8) is 0 Å². The number of nitrogen functional groups attached to an aromatic ring is 1. The Labute approximate surface area is 78.1 Å². The van der Waals surface area contributed by atoms with Crippen molar-refractivity contribution < 1.29 is 4.79 Å². The number of rotatable bonds is 2. The van der Waals surface area contributed by atoms with Gasteiger partial charge in [0.15, 0.2) is 0 Å². The van der Waals surface area contributed by atoms with Crippen LogP contribution in [-0.4, -0.2) is 6.41 Å². The minimum atomic E-state index is 0.587. The third kappa shape index (κ3) is 2.07. The summed E-state index contributed by atoms with van der Waals surface area (Å²) in [4.78, 5) is 10.0. The predicted molar refractivity (Wildman–Crippen MR) is 53.3 cm³/mol. The Morgan fingerprint density at radius 3 is 2.82 bits per heavy atom. The van der Waals surface area contributed by atoms with Gasteiger partial charge in [-0.05, 0) is 40.8 Å². The summed E-state index contributed by atoms with van der Waals surface area (Å²) in [5.74, 6) is 0. The maximum atomic E-state index is 10.0. The molecule has 0 aromatic heterocycles. The molecule has 0 unspecified atom stereocenters. The Kier molecular flexibility index (Phi) is 2.70. The van der Waals surface area contributed by atoms with Gasteiger partial charge in [0.1, 0.15) is 0 Å². The molecular weight excluding hydrogens is 255 g/mol. The van der Waals surface area contributed by atoms with E-state index in [9.17, 15) is 4.79 Å². The molecule has 3 N–H and O–H groups in total. The third-order valence-corrected chi connectivity index (χ3v) is 1.90. The molecule has 0 aliphatic carbocycles. The predicted octanol–water partition coefficient (Wildman–Crippen LogP) is 1.44. The fourth-order valence-electron chi connectivity index (χ4n) is 0.729. The van der Waals surface area contributed by atoms with Crippen LogP contribution in [0.2, 0.25) is 0 Å². The third-order valence-electron chi connectivity index (χ3n) is 1.23. The van der Waals surface area contributed by atoms with Crippen molar-refractivity contribution in [1.82, 2.24) is 0 Å². The highest BCUT2D eigenvalue weighted by Gasteiger charge is 1.96. The lowest BCUT2D eigenvalue weighted by Gasteiger charge is -2.02. The molecule has 0 spiro atoms. The average Bonchev–Trinajstić information content (AvgIpc) is 1.95. The molecule has 0 aliphatic rings. The Balaban J connectivity index is 2.98. The van der Waals surface area contributed by atoms with Crippen molar-refractivity contribution >= 4 is 40.4 Å². The first kappa shape index (κ1) is 8.32. The Bertz CT molecular complexity index is 275. The number of nitrogens with one attached hydrogen (secondary N) is 1. The zero-order valence-corrected chi connectivity index (χ0v) is 7.83. The highest BCUT2D eigenvalue weighted by Crippen LogP contribution is 2.19. The first-order chi connectivity index (χ1) is 5.24. The van der Waals surface area contributed by atoms with E-state index in [0.29, 0.717) is 17.8 Å². The maximum absolute atomic E-state index is 10.0. The number of benzene rings is 1. The van der Waals surface area contributed by atoms with Crippen molar-refractivity contribution in [2.24, 2.45) is 0 Å². The van der Waals surface area contributed by atoms with Crippen LogP contribution in [0.25, 0.3) is 0 Å². The monoisotopic (exact) mass is 262 g/mol. The second-order valence-corrected chi connectivity index (χ2v) is 3.24. The maximum Gasteiger partial charge on any atom is 0.211 e. The minimum absolute atomic E-state index is 0.587. The molecular formula is C7H7IN2O. The molecule has 0 atom stereocenters. The Hall–Kier alpha value is -0.780. The van der Waals surface area contributed by atoms with Gasteiger partial charge in [-0.15, -0.1) is 0 Å². The van der Waals surface area contributed by atoms with Crippen LogP contribution in [0.3, 0.4) is 0 Å². The lowest BCUT2D eigenvalue weighted by atomic mass is 10.3. The van der Waals surface area contributed by atoms with E-state index in [1.54, 1.807) is 12.1 Å². The molecule has 0 saturated carbocycles. The quantitative estimate of drug-likeness (QED) is 0.481. The zero-order chi connectivity index (χ0) is 8.27. The number of amides is 1. The van der Waals surface area contributed by atoms with Crippen LogP contribution < -0.4 is 11.1 Å². The molecule has 0 saturated heterocycles. The first-order valence-corrected chi connectivity index (χ1v) is 4.07. The molecule has 1 rings (SSSR count). The van der Waals surface area contributed by atoms with Crippen molar-refractivity contribution in [1.29, 1.82) is 0 Å². The van der Waals surface area contributed by atoms with E-state index in [1.807, 2.05) is 6.07 Å². The van der Waals surface area contributed by atoms with Crippen LogP contribution in [0.1, 0.15) is 0 Å². The van der Waals surface area contributed by atoms with Gasteiger partial charge in [-0.3, -0.25) is 4.79 Å². The number of halogens is 1. The number of carbonyl (C=O) groups is 1. The van der Waals surface area contributed by atoms with E-state index in [1.165, 1.54) is 0 Å². The smallest absolute Gasteiger partial charge is 0.211 e. The molecule has 0 fully saturated rings. The normalized spacial score (nSPS) is 9.18. The Morgan fingerprint density at radius 1 is 1.55 bits per heavy atom. The van der Waals surface area contributed by atoms with Crippen LogP contribution in [0.15, 0.2) is 18.2 Å². The van der Waals surface area contributed by atoms with E-state index in [-0.39, 0.29) is 0 Å². The fourth-order valence-corrected chi connectivity index (χ4v) is 1.24. The zero-order valence-electron chi connectivity index (χ0n) is 5.67. The summed E-state index contributed by atoms with van der Waals surface area (Å²) in [7, 11) is 0. The largest absolute Gasteiger partial charge is 0.397 e.